The van der Waals surface area contributed by atoms with Crippen molar-refractivity contribution < 1.29 is 9.53 Å². The Kier molecular flexibility index (Phi) is 9.33. The third-order valence-corrected chi connectivity index (χ3v) is 6.12. The molecule has 2 saturated heterocycles. The maximum atomic E-state index is 12.5. The maximum Gasteiger partial charge on any atom is 0.136 e. The van der Waals surface area contributed by atoms with Gasteiger partial charge < -0.3 is 4.74 Å². The van der Waals surface area contributed by atoms with Crippen LogP contribution in [-0.4, -0.2) is 43.0 Å². The Labute approximate surface area is 149 Å². The predicted octanol–water partition coefficient (Wildman–Crippen LogP) is 4.98. The summed E-state index contributed by atoms with van der Waals surface area (Å²) >= 11 is 0. The molecule has 2 fully saturated rings. The van der Waals surface area contributed by atoms with Crippen molar-refractivity contribution in [2.24, 2.45) is 5.92 Å². The Hall–Kier alpha value is -0.410. The molecule has 2 rings (SSSR count). The topological polar surface area (TPSA) is 29.5 Å². The fourth-order valence-corrected chi connectivity index (χ4v) is 4.35. The molecular weight excluding hydrogens is 298 g/mol. The quantitative estimate of drug-likeness (QED) is 0.471. The maximum absolute atomic E-state index is 12.5. The molecule has 3 nitrogen and oxygen atoms in total. The van der Waals surface area contributed by atoms with E-state index in [0.29, 0.717) is 23.8 Å². The van der Waals surface area contributed by atoms with Crippen LogP contribution in [0.15, 0.2) is 0 Å². The number of morpholine rings is 1. The van der Waals surface area contributed by atoms with Gasteiger partial charge in [-0.1, -0.05) is 64.7 Å². The van der Waals surface area contributed by atoms with E-state index in [1.54, 1.807) is 0 Å². The van der Waals surface area contributed by atoms with Crippen LogP contribution in [0.25, 0.3) is 0 Å². The monoisotopic (exact) mass is 337 g/mol. The third kappa shape index (κ3) is 6.48. The molecule has 3 heteroatoms. The summed E-state index contributed by atoms with van der Waals surface area (Å²) in [4.78, 5) is 15.0. The molecule has 0 aliphatic carbocycles. The zero-order valence-electron chi connectivity index (χ0n) is 16.1. The van der Waals surface area contributed by atoms with Crippen LogP contribution in [0.2, 0.25) is 0 Å². The summed E-state index contributed by atoms with van der Waals surface area (Å²) in [5.41, 5.74) is 0. The van der Waals surface area contributed by atoms with E-state index < -0.39 is 0 Å². The van der Waals surface area contributed by atoms with Crippen molar-refractivity contribution in [3.8, 4) is 0 Å². The number of carbonyl (C=O) groups is 1. The number of ketones is 1. The van der Waals surface area contributed by atoms with E-state index in [0.717, 1.165) is 38.9 Å². The smallest absolute Gasteiger partial charge is 0.136 e. The fourth-order valence-electron chi connectivity index (χ4n) is 4.35. The summed E-state index contributed by atoms with van der Waals surface area (Å²) in [5, 5.41) is 0. The summed E-state index contributed by atoms with van der Waals surface area (Å²) in [6.07, 6.45) is 16.2. The van der Waals surface area contributed by atoms with E-state index in [1.807, 2.05) is 0 Å². The van der Waals surface area contributed by atoms with Gasteiger partial charge in [-0.25, -0.2) is 0 Å². The van der Waals surface area contributed by atoms with E-state index in [2.05, 4.69) is 18.9 Å². The van der Waals surface area contributed by atoms with Crippen molar-refractivity contribution >= 4 is 5.78 Å². The largest absolute Gasteiger partial charge is 0.378 e. The molecule has 0 N–H and O–H groups in total. The van der Waals surface area contributed by atoms with Gasteiger partial charge in [0.2, 0.25) is 0 Å². The third-order valence-electron chi connectivity index (χ3n) is 6.12. The Bertz CT molecular complexity index is 344. The summed E-state index contributed by atoms with van der Waals surface area (Å²) < 4.78 is 5.65. The van der Waals surface area contributed by atoms with E-state index in [-0.39, 0.29) is 0 Å². The number of hydrogen-bond donors (Lipinski definition) is 0. The number of hydrogen-bond acceptors (Lipinski definition) is 3. The van der Waals surface area contributed by atoms with Crippen LogP contribution in [0.3, 0.4) is 0 Å². The standard InChI is InChI=1S/C21H39NO2/c1-3-4-5-6-7-8-9-10-11-12-13-21(23)18-14-19-16-24-17-20(15-18)22(19)2/h18-20H,3-17H2,1-2H3. The highest BCUT2D eigenvalue weighted by Gasteiger charge is 2.38. The number of ether oxygens (including phenoxy) is 1. The lowest BCUT2D eigenvalue weighted by Crippen LogP contribution is -2.55. The first-order valence-electron chi connectivity index (χ1n) is 10.5. The minimum absolute atomic E-state index is 0.304. The van der Waals surface area contributed by atoms with Gasteiger partial charge in [0.25, 0.3) is 0 Å². The van der Waals surface area contributed by atoms with Gasteiger partial charge in [-0.3, -0.25) is 9.69 Å². The average molecular weight is 338 g/mol. The summed E-state index contributed by atoms with van der Waals surface area (Å²) in [7, 11) is 2.20. The number of likely N-dealkylation sites (N-methyl/N-ethyl adjacent to an activating group) is 1. The van der Waals surface area contributed by atoms with Crippen molar-refractivity contribution in [3.63, 3.8) is 0 Å². The van der Waals surface area contributed by atoms with Crippen LogP contribution in [-0.2, 0) is 9.53 Å². The Morgan fingerprint density at radius 1 is 0.875 bits per heavy atom. The highest BCUT2D eigenvalue weighted by molar-refractivity contribution is 5.81. The lowest BCUT2D eigenvalue weighted by molar-refractivity contribution is -0.131. The minimum atomic E-state index is 0.304. The molecule has 24 heavy (non-hydrogen) atoms. The molecule has 140 valence electrons. The number of unbranched alkanes of at least 4 members (excludes halogenated alkanes) is 9. The average Bonchev–Trinajstić information content (AvgIpc) is 2.56. The molecule has 2 aliphatic heterocycles. The molecule has 2 bridgehead atoms. The molecule has 0 radical (unpaired) electrons. The Morgan fingerprint density at radius 2 is 1.38 bits per heavy atom. The summed E-state index contributed by atoms with van der Waals surface area (Å²) in [5.74, 6) is 0.832. The van der Waals surface area contributed by atoms with Crippen LogP contribution in [0, 0.1) is 5.92 Å². The van der Waals surface area contributed by atoms with E-state index in [1.165, 1.54) is 57.8 Å². The highest BCUT2D eigenvalue weighted by Crippen LogP contribution is 2.31. The molecule has 2 unspecified atom stereocenters. The van der Waals surface area contributed by atoms with Gasteiger partial charge in [-0.2, -0.15) is 0 Å². The number of fused-ring (bicyclic) bond motifs is 2. The molecule has 0 aromatic rings. The molecule has 0 saturated carbocycles. The van der Waals surface area contributed by atoms with Crippen LogP contribution in [0.5, 0.6) is 0 Å². The number of carbonyl (C=O) groups excluding carboxylic acids is 1. The lowest BCUT2D eigenvalue weighted by Gasteiger charge is -2.46. The second-order valence-corrected chi connectivity index (χ2v) is 8.08. The number of rotatable bonds is 12. The SMILES string of the molecule is CCCCCCCCCCCCC(=O)C1CC2COCC(C1)N2C. The van der Waals surface area contributed by atoms with Crippen LogP contribution in [0.1, 0.15) is 90.4 Å². The molecule has 0 aromatic heterocycles. The summed E-state index contributed by atoms with van der Waals surface area (Å²) in [6.45, 7) is 3.90. The highest BCUT2D eigenvalue weighted by atomic mass is 16.5. The van der Waals surface area contributed by atoms with Gasteiger partial charge in [0, 0.05) is 24.4 Å². The number of piperidine rings is 1. The summed E-state index contributed by atoms with van der Waals surface area (Å²) in [6, 6.07) is 0.943. The number of Topliss-reactive ketones (excluding diaryl/α,β-unsaturated/α-hetero) is 1. The first-order valence-corrected chi connectivity index (χ1v) is 10.5. The normalized spacial score (nSPS) is 27.3. The Morgan fingerprint density at radius 3 is 1.92 bits per heavy atom. The van der Waals surface area contributed by atoms with Gasteiger partial charge >= 0.3 is 0 Å². The Balaban J connectivity index is 1.48. The fraction of sp³-hybridized carbons (Fsp3) is 0.952. The number of nitrogens with zero attached hydrogens (tertiary/aromatic N) is 1. The minimum Gasteiger partial charge on any atom is -0.378 e. The van der Waals surface area contributed by atoms with Gasteiger partial charge in [-0.05, 0) is 26.3 Å². The van der Waals surface area contributed by atoms with Gasteiger partial charge in [-0.15, -0.1) is 0 Å². The zero-order valence-corrected chi connectivity index (χ0v) is 16.1. The second kappa shape index (κ2) is 11.3. The van der Waals surface area contributed by atoms with Gasteiger partial charge in [0.1, 0.15) is 5.78 Å². The van der Waals surface area contributed by atoms with E-state index in [4.69, 9.17) is 4.74 Å². The lowest BCUT2D eigenvalue weighted by atomic mass is 9.81. The molecule has 0 spiro atoms. The van der Waals surface area contributed by atoms with Gasteiger partial charge in [0.15, 0.2) is 0 Å². The van der Waals surface area contributed by atoms with Gasteiger partial charge in [0.05, 0.1) is 13.2 Å². The van der Waals surface area contributed by atoms with Crippen molar-refractivity contribution in [2.45, 2.75) is 102 Å². The van der Waals surface area contributed by atoms with Crippen molar-refractivity contribution in [1.29, 1.82) is 0 Å². The van der Waals surface area contributed by atoms with Crippen molar-refractivity contribution in [1.82, 2.24) is 4.90 Å². The van der Waals surface area contributed by atoms with E-state index >= 15 is 0 Å². The zero-order chi connectivity index (χ0) is 17.2. The molecule has 0 amide bonds. The molecule has 0 aromatic carbocycles. The van der Waals surface area contributed by atoms with Crippen LogP contribution in [0.4, 0.5) is 0 Å². The second-order valence-electron chi connectivity index (χ2n) is 8.08. The van der Waals surface area contributed by atoms with Crippen LogP contribution >= 0.6 is 0 Å². The first-order chi connectivity index (χ1) is 11.7. The van der Waals surface area contributed by atoms with Crippen molar-refractivity contribution in [3.05, 3.63) is 0 Å². The molecule has 2 heterocycles. The predicted molar refractivity (Wildman–Crippen MR) is 100 cm³/mol. The first kappa shape index (κ1) is 19.9. The molecule has 2 aliphatic rings. The molecular formula is C21H39NO2. The van der Waals surface area contributed by atoms with E-state index in [9.17, 15) is 4.79 Å². The molecule has 2 atom stereocenters. The van der Waals surface area contributed by atoms with Crippen molar-refractivity contribution in [2.75, 3.05) is 20.3 Å². The van der Waals surface area contributed by atoms with Crippen LogP contribution < -0.4 is 0 Å².